The summed E-state index contributed by atoms with van der Waals surface area (Å²) in [7, 11) is 0. The van der Waals surface area contributed by atoms with Crippen LogP contribution in [0.3, 0.4) is 0 Å². The minimum Gasteiger partial charge on any atom is -0.213 e. The molecule has 0 bridgehead atoms. The van der Waals surface area contributed by atoms with Gasteiger partial charge in [-0.15, -0.1) is 0 Å². The Labute approximate surface area is 160 Å². The van der Waals surface area contributed by atoms with Crippen molar-refractivity contribution in [3.8, 4) is 0 Å². The monoisotopic (exact) mass is 322 g/mol. The normalized spacial score (nSPS) is 10.4. The Morgan fingerprint density at radius 3 is 1.35 bits per heavy atom. The summed E-state index contributed by atoms with van der Waals surface area (Å²) in [4.78, 5) is 0. The second kappa shape index (κ2) is 11.9. The van der Waals surface area contributed by atoms with Crippen molar-refractivity contribution in [2.45, 2.75) is 79.1 Å². The zero-order chi connectivity index (χ0) is 16.5. The van der Waals surface area contributed by atoms with Crippen LogP contribution in [0, 0.1) is 0 Å². The van der Waals surface area contributed by atoms with E-state index in [1.807, 2.05) is 0 Å². The molecule has 0 N–H and O–H groups in total. The van der Waals surface area contributed by atoms with Gasteiger partial charge in [-0.1, -0.05) is 79.1 Å². The first-order chi connectivity index (χ1) is 10.5. The van der Waals surface area contributed by atoms with Gasteiger partial charge in [0.1, 0.15) is 0 Å². The van der Waals surface area contributed by atoms with Gasteiger partial charge >= 0.3 is 23.1 Å². The number of hydrogen-bond acceptors (Lipinski definition) is 0. The molecular weight excluding hydrogens is 289 g/mol. The molecule has 0 aromatic heterocycles. The van der Waals surface area contributed by atoms with E-state index in [1.54, 1.807) is 11.1 Å². The molecule has 2 aromatic rings. The third-order valence-electron chi connectivity index (χ3n) is 4.17. The van der Waals surface area contributed by atoms with E-state index in [0.717, 1.165) is 0 Å². The maximum absolute atomic E-state index is 2.26. The van der Waals surface area contributed by atoms with Crippen LogP contribution in [0.25, 0.3) is 0 Å². The molecule has 23 heavy (non-hydrogen) atoms. The summed E-state index contributed by atoms with van der Waals surface area (Å²) in [6.07, 6.45) is 4.98. The van der Waals surface area contributed by atoms with Crippen LogP contribution in [0.1, 0.15) is 88.5 Å². The molecule has 1 heteroatoms. The Kier molecular flexibility index (Phi) is 11.6. The number of rotatable bonds is 6. The van der Waals surface area contributed by atoms with Gasteiger partial charge in [-0.25, -0.2) is 24.3 Å². The van der Waals surface area contributed by atoms with Crippen molar-refractivity contribution in [2.24, 2.45) is 0 Å². The molecule has 0 saturated heterocycles. The van der Waals surface area contributed by atoms with Crippen LogP contribution in [-0.4, -0.2) is 23.1 Å². The molecule has 0 heterocycles. The molecule has 0 aliphatic rings. The molecule has 0 nitrogen and oxygen atoms in total. The van der Waals surface area contributed by atoms with E-state index in [9.17, 15) is 0 Å². The second-order valence-corrected chi connectivity index (χ2v) is 6.82. The number of aryl methyl sites for hydroxylation is 2. The Bertz CT molecular complexity index is 465. The molecule has 0 radical (unpaired) electrons. The largest absolute Gasteiger partial charge is 2.00 e. The molecule has 124 valence electrons. The molecule has 2 aromatic carbocycles. The standard InChI is InChI=1S/2C11H17.Mg/c2*1-4-6-10-7-5-8-11(10)9(2)3;/h2*5,7-9H,4,6H2,1-3H3;/q2*-1;+2. The van der Waals surface area contributed by atoms with Gasteiger partial charge in [0.25, 0.3) is 0 Å². The minimum atomic E-state index is 0. The minimum absolute atomic E-state index is 0. The predicted octanol–water partition coefficient (Wildman–Crippen LogP) is 6.58. The fourth-order valence-electron chi connectivity index (χ4n) is 3.06. The summed E-state index contributed by atoms with van der Waals surface area (Å²) >= 11 is 0. The molecule has 0 aliphatic heterocycles. The van der Waals surface area contributed by atoms with Gasteiger partial charge in [0.15, 0.2) is 0 Å². The molecular formula is C22H34Mg. The van der Waals surface area contributed by atoms with Crippen molar-refractivity contribution < 1.29 is 0 Å². The molecule has 0 saturated carbocycles. The molecule has 0 fully saturated rings. The summed E-state index contributed by atoms with van der Waals surface area (Å²) in [5, 5.41) is 0. The summed E-state index contributed by atoms with van der Waals surface area (Å²) in [6.45, 7) is 13.5. The first-order valence-corrected chi connectivity index (χ1v) is 9.00. The molecule has 0 unspecified atom stereocenters. The van der Waals surface area contributed by atoms with E-state index in [0.29, 0.717) is 11.8 Å². The Hall–Kier alpha value is -0.534. The fraction of sp³-hybridized carbons (Fsp3) is 0.545. The van der Waals surface area contributed by atoms with Crippen molar-refractivity contribution in [3.05, 3.63) is 58.7 Å². The average molecular weight is 323 g/mol. The first-order valence-electron chi connectivity index (χ1n) is 9.00. The third kappa shape index (κ3) is 7.26. The van der Waals surface area contributed by atoms with Crippen LogP contribution in [-0.2, 0) is 12.8 Å². The van der Waals surface area contributed by atoms with E-state index in [4.69, 9.17) is 0 Å². The summed E-state index contributed by atoms with van der Waals surface area (Å²) < 4.78 is 0. The average Bonchev–Trinajstić information content (AvgIpc) is 3.09. The van der Waals surface area contributed by atoms with Gasteiger partial charge in [0.2, 0.25) is 0 Å². The molecule has 0 aliphatic carbocycles. The van der Waals surface area contributed by atoms with Crippen molar-refractivity contribution in [1.82, 2.24) is 0 Å². The van der Waals surface area contributed by atoms with Gasteiger partial charge in [0, 0.05) is 0 Å². The van der Waals surface area contributed by atoms with E-state index >= 15 is 0 Å². The van der Waals surface area contributed by atoms with Gasteiger partial charge in [-0.3, -0.25) is 0 Å². The van der Waals surface area contributed by atoms with Crippen molar-refractivity contribution in [1.29, 1.82) is 0 Å². The molecule has 2 rings (SSSR count). The van der Waals surface area contributed by atoms with E-state index in [2.05, 4.69) is 77.9 Å². The van der Waals surface area contributed by atoms with Crippen molar-refractivity contribution in [3.63, 3.8) is 0 Å². The SMILES string of the molecule is CCCc1ccc[c-]1C(C)C.CCCc1ccc[c-]1C(C)C.[Mg+2]. The Balaban J connectivity index is 0.000000403. The van der Waals surface area contributed by atoms with Gasteiger partial charge < -0.3 is 0 Å². The zero-order valence-corrected chi connectivity index (χ0v) is 17.6. The molecule has 0 spiro atoms. The summed E-state index contributed by atoms with van der Waals surface area (Å²) in [6, 6.07) is 13.3. The van der Waals surface area contributed by atoms with Crippen LogP contribution >= 0.6 is 0 Å². The van der Waals surface area contributed by atoms with Crippen LogP contribution in [0.15, 0.2) is 36.4 Å². The zero-order valence-electron chi connectivity index (χ0n) is 16.2. The van der Waals surface area contributed by atoms with Gasteiger partial charge in [-0.05, 0) is 0 Å². The molecule has 0 atom stereocenters. The van der Waals surface area contributed by atoms with Crippen molar-refractivity contribution in [2.75, 3.05) is 0 Å². The predicted molar refractivity (Wildman–Crippen MR) is 106 cm³/mol. The Morgan fingerprint density at radius 1 is 0.739 bits per heavy atom. The maximum atomic E-state index is 2.26. The van der Waals surface area contributed by atoms with Crippen LogP contribution in [0.2, 0.25) is 0 Å². The third-order valence-corrected chi connectivity index (χ3v) is 4.17. The van der Waals surface area contributed by atoms with Gasteiger partial charge in [0.05, 0.1) is 0 Å². The van der Waals surface area contributed by atoms with Crippen molar-refractivity contribution >= 4 is 23.1 Å². The van der Waals surface area contributed by atoms with Crippen LogP contribution in [0.4, 0.5) is 0 Å². The van der Waals surface area contributed by atoms with E-state index in [-0.39, 0.29) is 23.1 Å². The fourth-order valence-corrected chi connectivity index (χ4v) is 3.06. The first kappa shape index (κ1) is 22.5. The summed E-state index contributed by atoms with van der Waals surface area (Å²) in [5.41, 5.74) is 6.16. The van der Waals surface area contributed by atoms with E-state index in [1.165, 1.54) is 36.8 Å². The maximum Gasteiger partial charge on any atom is 2.00 e. The Morgan fingerprint density at radius 2 is 1.09 bits per heavy atom. The summed E-state index contributed by atoms with van der Waals surface area (Å²) in [5.74, 6) is 1.37. The smallest absolute Gasteiger partial charge is 0.213 e. The molecule has 0 amide bonds. The number of hydrogen-bond donors (Lipinski definition) is 0. The van der Waals surface area contributed by atoms with Gasteiger partial charge in [-0.2, -0.15) is 34.4 Å². The van der Waals surface area contributed by atoms with Crippen LogP contribution in [0.5, 0.6) is 0 Å². The van der Waals surface area contributed by atoms with Crippen LogP contribution < -0.4 is 0 Å². The van der Waals surface area contributed by atoms with E-state index < -0.39 is 0 Å². The quantitative estimate of drug-likeness (QED) is 0.416. The topological polar surface area (TPSA) is 0 Å². The second-order valence-electron chi connectivity index (χ2n) is 6.82.